The molecule has 0 aliphatic carbocycles. The zero-order valence-electron chi connectivity index (χ0n) is 8.98. The summed E-state index contributed by atoms with van der Waals surface area (Å²) in [6, 6.07) is 0. The molecule has 1 atom stereocenters. The van der Waals surface area contributed by atoms with Gasteiger partial charge in [-0.1, -0.05) is 0 Å². The summed E-state index contributed by atoms with van der Waals surface area (Å²) in [5.41, 5.74) is 0.622. The second-order valence-corrected chi connectivity index (χ2v) is 4.10. The number of ether oxygens (including phenoxy) is 1. The lowest BCUT2D eigenvalue weighted by Crippen LogP contribution is -2.17. The van der Waals surface area contributed by atoms with E-state index in [2.05, 4.69) is 4.98 Å². The minimum absolute atomic E-state index is 0.544. The smallest absolute Gasteiger partial charge is 0.194 e. The van der Waals surface area contributed by atoms with Crippen molar-refractivity contribution in [3.63, 3.8) is 0 Å². The van der Waals surface area contributed by atoms with E-state index in [4.69, 9.17) is 9.15 Å². The molecule has 1 fully saturated rings. The Labute approximate surface area is 89.3 Å². The van der Waals surface area contributed by atoms with E-state index in [9.17, 15) is 5.11 Å². The lowest BCUT2D eigenvalue weighted by atomic mass is 9.97. The molecule has 1 saturated heterocycles. The molecule has 1 aromatic rings. The average molecular weight is 211 g/mol. The number of nitrogens with zero attached hydrogens (tertiary/aromatic N) is 1. The number of aromatic nitrogens is 1. The van der Waals surface area contributed by atoms with Gasteiger partial charge < -0.3 is 14.3 Å². The van der Waals surface area contributed by atoms with Crippen molar-refractivity contribution >= 4 is 0 Å². The van der Waals surface area contributed by atoms with Crippen molar-refractivity contribution in [3.05, 3.63) is 17.8 Å². The maximum Gasteiger partial charge on any atom is 0.194 e. The molecule has 1 aliphatic rings. The van der Waals surface area contributed by atoms with Crippen molar-refractivity contribution in [2.75, 3.05) is 13.2 Å². The molecule has 1 N–H and O–H groups in total. The Hall–Kier alpha value is -0.870. The molecule has 0 bridgehead atoms. The predicted molar refractivity (Wildman–Crippen MR) is 54.4 cm³/mol. The van der Waals surface area contributed by atoms with Crippen LogP contribution in [0.5, 0.6) is 0 Å². The van der Waals surface area contributed by atoms with E-state index in [1.807, 2.05) is 0 Å². The molecule has 1 aromatic heterocycles. The first-order chi connectivity index (χ1) is 7.25. The van der Waals surface area contributed by atoms with Crippen molar-refractivity contribution in [2.45, 2.75) is 32.3 Å². The van der Waals surface area contributed by atoms with Crippen molar-refractivity contribution in [1.82, 2.24) is 4.98 Å². The molecule has 0 aromatic carbocycles. The fraction of sp³-hybridized carbons (Fsp3) is 0.727. The number of hydrogen-bond acceptors (Lipinski definition) is 4. The van der Waals surface area contributed by atoms with Crippen LogP contribution in [0.15, 0.2) is 10.7 Å². The summed E-state index contributed by atoms with van der Waals surface area (Å²) in [6.07, 6.45) is 4.01. The second-order valence-electron chi connectivity index (χ2n) is 4.10. The Morgan fingerprint density at radius 1 is 1.53 bits per heavy atom. The van der Waals surface area contributed by atoms with Crippen LogP contribution in [0.4, 0.5) is 0 Å². The first-order valence-corrected chi connectivity index (χ1v) is 5.46. The number of rotatable bonds is 3. The van der Waals surface area contributed by atoms with Crippen LogP contribution in [0.2, 0.25) is 0 Å². The molecule has 15 heavy (non-hydrogen) atoms. The number of hydrogen-bond donors (Lipinski definition) is 1. The molecule has 4 heteroatoms. The zero-order valence-corrected chi connectivity index (χ0v) is 8.98. The molecule has 0 radical (unpaired) electrons. The van der Waals surface area contributed by atoms with Gasteiger partial charge in [0.05, 0.1) is 6.10 Å². The lowest BCUT2D eigenvalue weighted by molar-refractivity contribution is 0.0646. The fourth-order valence-electron chi connectivity index (χ4n) is 1.81. The van der Waals surface area contributed by atoms with Gasteiger partial charge in [-0.25, -0.2) is 4.98 Å². The number of aliphatic hydroxyl groups excluding tert-OH is 1. The Bertz CT molecular complexity index is 303. The van der Waals surface area contributed by atoms with E-state index < -0.39 is 6.10 Å². The third kappa shape index (κ3) is 2.79. The van der Waals surface area contributed by atoms with Gasteiger partial charge in [0.2, 0.25) is 0 Å². The van der Waals surface area contributed by atoms with E-state index in [0.717, 1.165) is 38.4 Å². The molecule has 84 valence electrons. The molecule has 2 heterocycles. The van der Waals surface area contributed by atoms with Crippen molar-refractivity contribution in [3.8, 4) is 0 Å². The molecule has 2 rings (SSSR count). The van der Waals surface area contributed by atoms with Gasteiger partial charge in [-0.05, 0) is 25.7 Å². The van der Waals surface area contributed by atoms with Gasteiger partial charge in [0.25, 0.3) is 0 Å². The summed E-state index contributed by atoms with van der Waals surface area (Å²) in [5.74, 6) is 1.34. The highest BCUT2D eigenvalue weighted by Gasteiger charge is 2.17. The van der Waals surface area contributed by atoms with Gasteiger partial charge >= 0.3 is 0 Å². The molecule has 1 aliphatic heterocycles. The van der Waals surface area contributed by atoms with Crippen molar-refractivity contribution in [1.29, 1.82) is 0 Å². The highest BCUT2D eigenvalue weighted by molar-refractivity contribution is 5.00. The van der Waals surface area contributed by atoms with Gasteiger partial charge in [0.1, 0.15) is 12.0 Å². The summed E-state index contributed by atoms with van der Waals surface area (Å²) in [5, 5.41) is 9.30. The Kier molecular flexibility index (Phi) is 3.38. The van der Waals surface area contributed by atoms with Crippen LogP contribution < -0.4 is 0 Å². The molecular formula is C11H17NO3. The minimum atomic E-state index is -0.544. The number of aliphatic hydroxyl groups is 1. The number of oxazole rings is 1. The van der Waals surface area contributed by atoms with Crippen LogP contribution in [0.3, 0.4) is 0 Å². The van der Waals surface area contributed by atoms with E-state index in [1.54, 1.807) is 13.2 Å². The van der Waals surface area contributed by atoms with E-state index in [1.165, 1.54) is 0 Å². The molecule has 1 unspecified atom stereocenters. The SMILES string of the molecule is CC(O)c1coc(CC2CCOCC2)n1. The van der Waals surface area contributed by atoms with Crippen LogP contribution >= 0.6 is 0 Å². The first kappa shape index (κ1) is 10.6. The Morgan fingerprint density at radius 3 is 2.87 bits per heavy atom. The largest absolute Gasteiger partial charge is 0.449 e. The maximum atomic E-state index is 9.30. The van der Waals surface area contributed by atoms with E-state index in [-0.39, 0.29) is 0 Å². The van der Waals surface area contributed by atoms with Crippen molar-refractivity contribution in [2.24, 2.45) is 5.92 Å². The minimum Gasteiger partial charge on any atom is -0.449 e. The summed E-state index contributed by atoms with van der Waals surface area (Å²) in [7, 11) is 0. The normalized spacial score (nSPS) is 20.4. The molecule has 0 spiro atoms. The van der Waals surface area contributed by atoms with Gasteiger partial charge in [-0.3, -0.25) is 0 Å². The van der Waals surface area contributed by atoms with Crippen molar-refractivity contribution < 1.29 is 14.3 Å². The highest BCUT2D eigenvalue weighted by Crippen LogP contribution is 2.20. The van der Waals surface area contributed by atoms with E-state index in [0.29, 0.717) is 11.6 Å². The Balaban J connectivity index is 1.91. The quantitative estimate of drug-likeness (QED) is 0.826. The molecule has 0 amide bonds. The predicted octanol–water partition coefficient (Wildman–Crippen LogP) is 1.70. The van der Waals surface area contributed by atoms with Crippen LogP contribution in [0.25, 0.3) is 0 Å². The monoisotopic (exact) mass is 211 g/mol. The fourth-order valence-corrected chi connectivity index (χ4v) is 1.81. The van der Waals surface area contributed by atoms with Gasteiger partial charge in [0, 0.05) is 19.6 Å². The molecular weight excluding hydrogens is 194 g/mol. The summed E-state index contributed by atoms with van der Waals surface area (Å²) < 4.78 is 10.6. The molecule has 4 nitrogen and oxygen atoms in total. The summed E-state index contributed by atoms with van der Waals surface area (Å²) in [6.45, 7) is 3.37. The van der Waals surface area contributed by atoms with Gasteiger partial charge in [-0.15, -0.1) is 0 Å². The second kappa shape index (κ2) is 4.77. The highest BCUT2D eigenvalue weighted by atomic mass is 16.5. The third-order valence-corrected chi connectivity index (χ3v) is 2.80. The Morgan fingerprint density at radius 2 is 2.27 bits per heavy atom. The van der Waals surface area contributed by atoms with Gasteiger partial charge in [-0.2, -0.15) is 0 Å². The zero-order chi connectivity index (χ0) is 10.7. The van der Waals surface area contributed by atoms with Gasteiger partial charge in [0.15, 0.2) is 5.89 Å². The van der Waals surface area contributed by atoms with Crippen LogP contribution in [0.1, 0.15) is 37.5 Å². The first-order valence-electron chi connectivity index (χ1n) is 5.46. The standard InChI is InChI=1S/C11H17NO3/c1-8(13)10-7-15-11(12-10)6-9-2-4-14-5-3-9/h7-9,13H,2-6H2,1H3. The van der Waals surface area contributed by atoms with E-state index >= 15 is 0 Å². The van der Waals surface area contributed by atoms with Crippen LogP contribution in [0, 0.1) is 5.92 Å². The van der Waals surface area contributed by atoms with Crippen LogP contribution in [-0.2, 0) is 11.2 Å². The summed E-state index contributed by atoms with van der Waals surface area (Å²) >= 11 is 0. The van der Waals surface area contributed by atoms with Crippen LogP contribution in [-0.4, -0.2) is 23.3 Å². The average Bonchev–Trinajstić information content (AvgIpc) is 2.68. The lowest BCUT2D eigenvalue weighted by Gasteiger charge is -2.20. The molecule has 0 saturated carbocycles. The topological polar surface area (TPSA) is 55.5 Å². The summed E-state index contributed by atoms with van der Waals surface area (Å²) in [4.78, 5) is 4.25. The maximum absolute atomic E-state index is 9.30. The third-order valence-electron chi connectivity index (χ3n) is 2.80.